The lowest BCUT2D eigenvalue weighted by atomic mass is 10.2. The minimum atomic E-state index is 0.702. The predicted molar refractivity (Wildman–Crippen MR) is 72.3 cm³/mol. The van der Waals surface area contributed by atoms with Crippen molar-refractivity contribution in [1.82, 2.24) is 9.55 Å². The Hall–Kier alpha value is -0.880. The number of nitrogens with zero attached hydrogens (tertiary/aromatic N) is 2. The maximum atomic E-state index is 5.08. The molecule has 0 bridgehead atoms. The highest BCUT2D eigenvalue weighted by molar-refractivity contribution is 14.1. The van der Waals surface area contributed by atoms with Crippen LogP contribution in [0.3, 0.4) is 0 Å². The van der Waals surface area contributed by atoms with E-state index in [2.05, 4.69) is 50.3 Å². The number of hydrogen-bond acceptors (Lipinski definition) is 2. The molecule has 0 radical (unpaired) electrons. The van der Waals surface area contributed by atoms with E-state index in [1.807, 2.05) is 18.5 Å². The van der Waals surface area contributed by atoms with Gasteiger partial charge >= 0.3 is 0 Å². The average molecular weight is 328 g/mol. The highest BCUT2D eigenvalue weighted by Gasteiger charge is 2.05. The molecule has 1 aromatic carbocycles. The molecule has 1 heterocycles. The van der Waals surface area contributed by atoms with Crippen molar-refractivity contribution in [2.45, 2.75) is 6.54 Å². The van der Waals surface area contributed by atoms with Crippen molar-refractivity contribution in [3.8, 4) is 11.4 Å². The fourth-order valence-corrected chi connectivity index (χ4v) is 2.11. The number of benzene rings is 1. The third-order valence-corrected chi connectivity index (χ3v) is 3.01. The van der Waals surface area contributed by atoms with Gasteiger partial charge in [-0.3, -0.25) is 0 Å². The third-order valence-electron chi connectivity index (χ3n) is 2.33. The van der Waals surface area contributed by atoms with Crippen LogP contribution in [0, 0.1) is 3.57 Å². The van der Waals surface area contributed by atoms with E-state index < -0.39 is 0 Å². The van der Waals surface area contributed by atoms with E-state index in [9.17, 15) is 0 Å². The minimum Gasteiger partial charge on any atom is -0.383 e. The SMILES string of the molecule is COCCn1ccnc1-c1cccc(I)c1. The quantitative estimate of drug-likeness (QED) is 0.807. The first-order valence-corrected chi connectivity index (χ1v) is 6.15. The number of ether oxygens (including phenoxy) is 1. The molecule has 84 valence electrons. The Morgan fingerprint density at radius 3 is 3.06 bits per heavy atom. The topological polar surface area (TPSA) is 27.1 Å². The molecule has 3 nitrogen and oxygen atoms in total. The molecular weight excluding hydrogens is 315 g/mol. The maximum absolute atomic E-state index is 5.08. The number of halogens is 1. The van der Waals surface area contributed by atoms with Crippen molar-refractivity contribution in [2.24, 2.45) is 0 Å². The molecule has 2 rings (SSSR count). The van der Waals surface area contributed by atoms with Crippen molar-refractivity contribution in [1.29, 1.82) is 0 Å². The molecule has 2 aromatic rings. The fourth-order valence-electron chi connectivity index (χ4n) is 1.57. The molecule has 4 heteroatoms. The van der Waals surface area contributed by atoms with Crippen LogP contribution < -0.4 is 0 Å². The monoisotopic (exact) mass is 328 g/mol. The van der Waals surface area contributed by atoms with Crippen LogP contribution in [-0.4, -0.2) is 23.3 Å². The summed E-state index contributed by atoms with van der Waals surface area (Å²) in [4.78, 5) is 4.38. The molecule has 0 aliphatic carbocycles. The largest absolute Gasteiger partial charge is 0.383 e. The molecule has 0 saturated heterocycles. The van der Waals surface area contributed by atoms with Gasteiger partial charge in [0, 0.05) is 35.2 Å². The third kappa shape index (κ3) is 2.62. The first-order chi connectivity index (χ1) is 7.81. The van der Waals surface area contributed by atoms with E-state index in [-0.39, 0.29) is 0 Å². The summed E-state index contributed by atoms with van der Waals surface area (Å²) in [6.45, 7) is 1.53. The smallest absolute Gasteiger partial charge is 0.139 e. The Balaban J connectivity index is 2.29. The van der Waals surface area contributed by atoms with E-state index in [0.29, 0.717) is 6.61 Å². The van der Waals surface area contributed by atoms with E-state index in [1.54, 1.807) is 7.11 Å². The van der Waals surface area contributed by atoms with Crippen molar-refractivity contribution in [2.75, 3.05) is 13.7 Å². The van der Waals surface area contributed by atoms with Gasteiger partial charge in [-0.15, -0.1) is 0 Å². The van der Waals surface area contributed by atoms with Crippen molar-refractivity contribution >= 4 is 22.6 Å². The van der Waals surface area contributed by atoms with E-state index in [1.165, 1.54) is 3.57 Å². The molecule has 16 heavy (non-hydrogen) atoms. The zero-order chi connectivity index (χ0) is 11.4. The summed E-state index contributed by atoms with van der Waals surface area (Å²) in [6.07, 6.45) is 3.80. The summed E-state index contributed by atoms with van der Waals surface area (Å²) in [5, 5.41) is 0. The number of imidazole rings is 1. The zero-order valence-electron chi connectivity index (χ0n) is 9.06. The second kappa shape index (κ2) is 5.45. The van der Waals surface area contributed by atoms with Gasteiger partial charge in [0.15, 0.2) is 0 Å². The Bertz CT molecular complexity index is 468. The van der Waals surface area contributed by atoms with Crippen molar-refractivity contribution < 1.29 is 4.74 Å². The van der Waals surface area contributed by atoms with Gasteiger partial charge in [0.2, 0.25) is 0 Å². The van der Waals surface area contributed by atoms with Crippen LogP contribution in [0.5, 0.6) is 0 Å². The van der Waals surface area contributed by atoms with Gasteiger partial charge in [-0.25, -0.2) is 4.98 Å². The molecule has 0 aliphatic rings. The van der Waals surface area contributed by atoms with Crippen molar-refractivity contribution in [3.05, 3.63) is 40.2 Å². The second-order valence-corrected chi connectivity index (χ2v) is 4.69. The summed E-state index contributed by atoms with van der Waals surface area (Å²) >= 11 is 2.31. The van der Waals surface area contributed by atoms with E-state index in [0.717, 1.165) is 17.9 Å². The Morgan fingerprint density at radius 2 is 2.31 bits per heavy atom. The van der Waals surface area contributed by atoms with Gasteiger partial charge in [0.05, 0.1) is 6.61 Å². The Labute approximate surface area is 109 Å². The maximum Gasteiger partial charge on any atom is 0.139 e. The van der Waals surface area contributed by atoms with Crippen LogP contribution in [0.1, 0.15) is 0 Å². The molecule has 0 unspecified atom stereocenters. The standard InChI is InChI=1S/C12H13IN2O/c1-16-8-7-15-6-5-14-12(15)10-3-2-4-11(13)9-10/h2-6,9H,7-8H2,1H3. The van der Waals surface area contributed by atoms with Crippen LogP contribution in [0.4, 0.5) is 0 Å². The van der Waals surface area contributed by atoms with Gasteiger partial charge in [-0.2, -0.15) is 0 Å². The number of hydrogen-bond donors (Lipinski definition) is 0. The molecule has 0 saturated carbocycles. The van der Waals surface area contributed by atoms with E-state index >= 15 is 0 Å². The first-order valence-electron chi connectivity index (χ1n) is 5.07. The summed E-state index contributed by atoms with van der Waals surface area (Å²) in [5.41, 5.74) is 1.15. The predicted octanol–water partition coefficient (Wildman–Crippen LogP) is 2.80. The van der Waals surface area contributed by atoms with Gasteiger partial charge in [-0.05, 0) is 34.7 Å². The molecule has 0 N–H and O–H groups in total. The van der Waals surface area contributed by atoms with Gasteiger partial charge in [0.1, 0.15) is 5.82 Å². The molecule has 0 fully saturated rings. The summed E-state index contributed by atoms with van der Waals surface area (Å²) in [6, 6.07) is 8.33. The van der Waals surface area contributed by atoms with Gasteiger partial charge < -0.3 is 9.30 Å². The Kier molecular flexibility index (Phi) is 3.95. The summed E-state index contributed by atoms with van der Waals surface area (Å²) < 4.78 is 8.40. The average Bonchev–Trinajstić information content (AvgIpc) is 2.74. The van der Waals surface area contributed by atoms with Crippen LogP contribution >= 0.6 is 22.6 Å². The molecule has 0 amide bonds. The van der Waals surface area contributed by atoms with Gasteiger partial charge in [0.25, 0.3) is 0 Å². The molecular formula is C12H13IN2O. The molecule has 0 spiro atoms. The van der Waals surface area contributed by atoms with Crippen LogP contribution in [0.25, 0.3) is 11.4 Å². The molecule has 1 aromatic heterocycles. The minimum absolute atomic E-state index is 0.702. The summed E-state index contributed by atoms with van der Waals surface area (Å²) in [5.74, 6) is 0.996. The van der Waals surface area contributed by atoms with Gasteiger partial charge in [-0.1, -0.05) is 12.1 Å². The number of rotatable bonds is 4. The van der Waals surface area contributed by atoms with Crippen LogP contribution in [0.15, 0.2) is 36.7 Å². The summed E-state index contributed by atoms with van der Waals surface area (Å²) in [7, 11) is 1.71. The highest BCUT2D eigenvalue weighted by atomic mass is 127. The van der Waals surface area contributed by atoms with Crippen LogP contribution in [0.2, 0.25) is 0 Å². The Morgan fingerprint density at radius 1 is 1.44 bits per heavy atom. The lowest BCUT2D eigenvalue weighted by Crippen LogP contribution is -2.04. The van der Waals surface area contributed by atoms with E-state index in [4.69, 9.17) is 4.74 Å². The lowest BCUT2D eigenvalue weighted by molar-refractivity contribution is 0.187. The first kappa shape index (κ1) is 11.6. The zero-order valence-corrected chi connectivity index (χ0v) is 11.2. The van der Waals surface area contributed by atoms with Crippen molar-refractivity contribution in [3.63, 3.8) is 0 Å². The van der Waals surface area contributed by atoms with Crippen LogP contribution in [-0.2, 0) is 11.3 Å². The highest BCUT2D eigenvalue weighted by Crippen LogP contribution is 2.19. The fraction of sp³-hybridized carbons (Fsp3) is 0.250. The normalized spacial score (nSPS) is 10.6. The molecule has 0 aliphatic heterocycles. The number of methoxy groups -OCH3 is 1. The lowest BCUT2D eigenvalue weighted by Gasteiger charge is -2.07. The molecule has 0 atom stereocenters. The second-order valence-electron chi connectivity index (χ2n) is 3.45. The number of aromatic nitrogens is 2.